The minimum atomic E-state index is 0.342. The molecule has 1 N–H and O–H groups in total. The van der Waals surface area contributed by atoms with Gasteiger partial charge in [-0.25, -0.2) is 9.97 Å². The van der Waals surface area contributed by atoms with Gasteiger partial charge in [0.15, 0.2) is 0 Å². The largest absolute Gasteiger partial charge is 0.376 e. The van der Waals surface area contributed by atoms with Crippen molar-refractivity contribution in [3.8, 4) is 0 Å². The highest BCUT2D eigenvalue weighted by molar-refractivity contribution is 7.19. The molecule has 106 valence electrons. The monoisotopic (exact) mass is 289 g/mol. The van der Waals surface area contributed by atoms with Crippen LogP contribution in [0.3, 0.4) is 0 Å². The van der Waals surface area contributed by atoms with Crippen LogP contribution in [0.2, 0.25) is 0 Å². The molecule has 2 aromatic heterocycles. The molecule has 0 radical (unpaired) electrons. The molecule has 2 aliphatic rings. The average Bonchev–Trinajstić information content (AvgIpc) is 3.12. The number of rotatable bonds is 3. The first-order valence-corrected chi connectivity index (χ1v) is 8.34. The Hall–Kier alpha value is -1.20. The van der Waals surface area contributed by atoms with E-state index in [2.05, 4.69) is 15.3 Å². The fourth-order valence-corrected chi connectivity index (χ4v) is 4.47. The molecule has 1 saturated heterocycles. The Morgan fingerprint density at radius 1 is 1.25 bits per heavy atom. The first-order chi connectivity index (χ1) is 9.92. The van der Waals surface area contributed by atoms with Crippen molar-refractivity contribution in [2.45, 2.75) is 44.6 Å². The Bertz CT molecular complexity index is 619. The number of nitrogens with zero attached hydrogens (tertiary/aromatic N) is 2. The van der Waals surface area contributed by atoms with Crippen LogP contribution in [0.25, 0.3) is 10.2 Å². The van der Waals surface area contributed by atoms with Crippen LogP contribution in [0.1, 0.15) is 36.1 Å². The standard InChI is InChI=1S/C15H19N3OS/c1-2-6-12-11(5-1)13-14(17-9-18-15(13)20-12)16-8-10-4-3-7-19-10/h9-10H,1-8H2,(H,16,17,18)/t10-/m0/s1. The topological polar surface area (TPSA) is 47.0 Å². The van der Waals surface area contributed by atoms with E-state index in [-0.39, 0.29) is 0 Å². The van der Waals surface area contributed by atoms with Crippen LogP contribution in [-0.2, 0) is 17.6 Å². The van der Waals surface area contributed by atoms with E-state index in [1.54, 1.807) is 6.33 Å². The van der Waals surface area contributed by atoms with Gasteiger partial charge in [0, 0.05) is 18.0 Å². The molecule has 0 spiro atoms. The number of aromatic nitrogens is 2. The lowest BCUT2D eigenvalue weighted by Crippen LogP contribution is -2.19. The maximum Gasteiger partial charge on any atom is 0.138 e. The molecule has 4 rings (SSSR count). The van der Waals surface area contributed by atoms with Crippen molar-refractivity contribution in [1.82, 2.24) is 9.97 Å². The van der Waals surface area contributed by atoms with Crippen LogP contribution < -0.4 is 5.32 Å². The third kappa shape index (κ3) is 2.19. The highest BCUT2D eigenvalue weighted by atomic mass is 32.1. The third-order valence-electron chi connectivity index (χ3n) is 4.27. The summed E-state index contributed by atoms with van der Waals surface area (Å²) in [4.78, 5) is 11.6. The summed E-state index contributed by atoms with van der Waals surface area (Å²) in [5.41, 5.74) is 1.49. The van der Waals surface area contributed by atoms with E-state index in [4.69, 9.17) is 4.74 Å². The van der Waals surface area contributed by atoms with Crippen molar-refractivity contribution in [3.63, 3.8) is 0 Å². The summed E-state index contributed by atoms with van der Waals surface area (Å²) in [6.45, 7) is 1.76. The molecule has 3 heterocycles. The Balaban J connectivity index is 1.65. The third-order valence-corrected chi connectivity index (χ3v) is 5.47. The molecule has 0 amide bonds. The quantitative estimate of drug-likeness (QED) is 0.943. The Morgan fingerprint density at radius 2 is 2.20 bits per heavy atom. The van der Waals surface area contributed by atoms with Gasteiger partial charge in [0.2, 0.25) is 0 Å². The van der Waals surface area contributed by atoms with Crippen LogP contribution in [0.5, 0.6) is 0 Å². The Morgan fingerprint density at radius 3 is 3.10 bits per heavy atom. The molecule has 1 aliphatic heterocycles. The van der Waals surface area contributed by atoms with E-state index in [1.165, 1.54) is 47.9 Å². The van der Waals surface area contributed by atoms with Gasteiger partial charge in [0.05, 0.1) is 11.5 Å². The number of hydrogen-bond donors (Lipinski definition) is 1. The van der Waals surface area contributed by atoms with Gasteiger partial charge >= 0.3 is 0 Å². The van der Waals surface area contributed by atoms with Crippen LogP contribution in [0, 0.1) is 0 Å². The molecular formula is C15H19N3OS. The molecule has 4 nitrogen and oxygen atoms in total. The summed E-state index contributed by atoms with van der Waals surface area (Å²) in [5, 5.41) is 4.77. The zero-order valence-corrected chi connectivity index (χ0v) is 12.3. The molecule has 5 heteroatoms. The van der Waals surface area contributed by atoms with Gasteiger partial charge in [-0.3, -0.25) is 0 Å². The van der Waals surface area contributed by atoms with Crippen LogP contribution in [0.4, 0.5) is 5.82 Å². The highest BCUT2D eigenvalue weighted by Crippen LogP contribution is 2.38. The SMILES string of the molecule is c1nc(NC[C@@H]2CCCO2)c2c3c(sc2n1)CCCC3. The summed E-state index contributed by atoms with van der Waals surface area (Å²) in [5.74, 6) is 1.00. The Kier molecular flexibility index (Phi) is 3.32. The van der Waals surface area contributed by atoms with E-state index in [0.29, 0.717) is 6.10 Å². The second-order valence-corrected chi connectivity index (χ2v) is 6.71. The zero-order chi connectivity index (χ0) is 13.4. The molecule has 1 atom stereocenters. The summed E-state index contributed by atoms with van der Waals surface area (Å²) in [6.07, 6.45) is 9.35. The lowest BCUT2D eigenvalue weighted by Gasteiger charge is -2.14. The number of hydrogen-bond acceptors (Lipinski definition) is 5. The predicted octanol–water partition coefficient (Wildman–Crippen LogP) is 3.16. The van der Waals surface area contributed by atoms with E-state index < -0.39 is 0 Å². The normalized spacial score (nSPS) is 22.1. The van der Waals surface area contributed by atoms with Gasteiger partial charge in [-0.2, -0.15) is 0 Å². The van der Waals surface area contributed by atoms with Crippen molar-refractivity contribution in [2.24, 2.45) is 0 Å². The molecule has 1 aliphatic carbocycles. The van der Waals surface area contributed by atoms with Gasteiger partial charge in [-0.05, 0) is 44.1 Å². The van der Waals surface area contributed by atoms with E-state index in [9.17, 15) is 0 Å². The number of nitrogens with one attached hydrogen (secondary N) is 1. The fraction of sp³-hybridized carbons (Fsp3) is 0.600. The molecule has 1 fully saturated rings. The van der Waals surface area contributed by atoms with Gasteiger partial charge in [0.25, 0.3) is 0 Å². The van der Waals surface area contributed by atoms with Crippen LogP contribution >= 0.6 is 11.3 Å². The second-order valence-electron chi connectivity index (χ2n) is 5.63. The summed E-state index contributed by atoms with van der Waals surface area (Å²) in [7, 11) is 0. The minimum Gasteiger partial charge on any atom is -0.376 e. The lowest BCUT2D eigenvalue weighted by atomic mass is 9.97. The minimum absolute atomic E-state index is 0.342. The van der Waals surface area contributed by atoms with Gasteiger partial charge in [-0.15, -0.1) is 11.3 Å². The summed E-state index contributed by atoms with van der Waals surface area (Å²) in [6, 6.07) is 0. The molecule has 0 bridgehead atoms. The van der Waals surface area contributed by atoms with Crippen LogP contribution in [0.15, 0.2) is 6.33 Å². The number of aryl methyl sites for hydroxylation is 2. The first kappa shape index (κ1) is 12.5. The fourth-order valence-electron chi connectivity index (χ4n) is 3.24. The lowest BCUT2D eigenvalue weighted by molar-refractivity contribution is 0.120. The number of ether oxygens (including phenoxy) is 1. The highest BCUT2D eigenvalue weighted by Gasteiger charge is 2.21. The van der Waals surface area contributed by atoms with Crippen molar-refractivity contribution in [3.05, 3.63) is 16.8 Å². The van der Waals surface area contributed by atoms with E-state index >= 15 is 0 Å². The zero-order valence-electron chi connectivity index (χ0n) is 11.5. The maximum absolute atomic E-state index is 5.68. The first-order valence-electron chi connectivity index (χ1n) is 7.52. The van der Waals surface area contributed by atoms with Crippen molar-refractivity contribution in [2.75, 3.05) is 18.5 Å². The van der Waals surface area contributed by atoms with Crippen LogP contribution in [-0.4, -0.2) is 29.2 Å². The number of thiophene rings is 1. The predicted molar refractivity (Wildman–Crippen MR) is 81.5 cm³/mol. The van der Waals surface area contributed by atoms with E-state index in [1.807, 2.05) is 11.3 Å². The smallest absolute Gasteiger partial charge is 0.138 e. The Labute approximate surface area is 122 Å². The number of fused-ring (bicyclic) bond motifs is 3. The van der Waals surface area contributed by atoms with Gasteiger partial charge in [-0.1, -0.05) is 0 Å². The van der Waals surface area contributed by atoms with Crippen molar-refractivity contribution >= 4 is 27.4 Å². The van der Waals surface area contributed by atoms with Crippen molar-refractivity contribution < 1.29 is 4.74 Å². The second kappa shape index (κ2) is 5.30. The van der Waals surface area contributed by atoms with Crippen molar-refractivity contribution in [1.29, 1.82) is 0 Å². The summed E-state index contributed by atoms with van der Waals surface area (Å²) < 4.78 is 5.68. The van der Waals surface area contributed by atoms with Gasteiger partial charge < -0.3 is 10.1 Å². The number of anilines is 1. The molecule has 0 unspecified atom stereocenters. The average molecular weight is 289 g/mol. The molecule has 20 heavy (non-hydrogen) atoms. The molecular weight excluding hydrogens is 270 g/mol. The maximum atomic E-state index is 5.68. The van der Waals surface area contributed by atoms with Gasteiger partial charge in [0.1, 0.15) is 17.0 Å². The summed E-state index contributed by atoms with van der Waals surface area (Å²) >= 11 is 1.85. The molecule has 0 aromatic carbocycles. The van der Waals surface area contributed by atoms with E-state index in [0.717, 1.165) is 30.2 Å². The molecule has 0 saturated carbocycles. The molecule has 2 aromatic rings.